The zero-order valence-corrected chi connectivity index (χ0v) is 21.7. The van der Waals surface area contributed by atoms with Crippen LogP contribution in [-0.4, -0.2) is 18.2 Å². The normalized spacial score (nSPS) is 21.8. The van der Waals surface area contributed by atoms with Crippen molar-refractivity contribution in [3.63, 3.8) is 0 Å². The molecular formula is C30H41NO3. The molecule has 0 atom stereocenters. The van der Waals surface area contributed by atoms with E-state index in [9.17, 15) is 9.59 Å². The maximum absolute atomic E-state index is 13.5. The highest BCUT2D eigenvalue weighted by molar-refractivity contribution is 6.07. The molecule has 3 aliphatic rings. The van der Waals surface area contributed by atoms with Crippen molar-refractivity contribution >= 4 is 11.6 Å². The standard InChI is InChI=1S/C30H41NO3/c1-6-7-8-9-12-15-34-25-14-11-10-13-20(25)26-27-21(16-29(2,3)18-23(27)32)31-22-17-30(4,5)19-24(33)28(22)26/h10-11,13-14,26,31H,6-9,12,15-19H2,1-5H3. The minimum absolute atomic E-state index is 0.0891. The Bertz CT molecular complexity index is 975. The number of carbonyl (C=O) groups excluding carboxylic acids is 2. The minimum Gasteiger partial charge on any atom is -0.493 e. The van der Waals surface area contributed by atoms with Crippen LogP contribution in [0, 0.1) is 10.8 Å². The third-order valence-electron chi connectivity index (χ3n) is 7.45. The smallest absolute Gasteiger partial charge is 0.162 e. The molecule has 4 rings (SSSR count). The van der Waals surface area contributed by atoms with E-state index in [4.69, 9.17) is 4.74 Å². The van der Waals surface area contributed by atoms with Gasteiger partial charge in [0, 0.05) is 46.9 Å². The monoisotopic (exact) mass is 463 g/mol. The van der Waals surface area contributed by atoms with Crippen LogP contribution in [0.5, 0.6) is 5.75 Å². The quantitative estimate of drug-likeness (QED) is 0.421. The highest BCUT2D eigenvalue weighted by Gasteiger charge is 2.46. The van der Waals surface area contributed by atoms with Gasteiger partial charge >= 0.3 is 0 Å². The zero-order valence-electron chi connectivity index (χ0n) is 21.7. The summed E-state index contributed by atoms with van der Waals surface area (Å²) < 4.78 is 6.29. The molecule has 0 unspecified atom stereocenters. The summed E-state index contributed by atoms with van der Waals surface area (Å²) in [6.45, 7) is 11.5. The third-order valence-corrected chi connectivity index (χ3v) is 7.45. The Morgan fingerprint density at radius 1 is 0.824 bits per heavy atom. The van der Waals surface area contributed by atoms with Crippen LogP contribution < -0.4 is 10.1 Å². The molecule has 1 heterocycles. The molecule has 0 bridgehead atoms. The van der Waals surface area contributed by atoms with E-state index < -0.39 is 0 Å². The molecule has 4 nitrogen and oxygen atoms in total. The fourth-order valence-electron chi connectivity index (χ4n) is 5.94. The van der Waals surface area contributed by atoms with Crippen LogP contribution in [0.1, 0.15) is 104 Å². The topological polar surface area (TPSA) is 55.4 Å². The average Bonchev–Trinajstić information content (AvgIpc) is 2.73. The van der Waals surface area contributed by atoms with E-state index in [1.807, 2.05) is 18.2 Å². The highest BCUT2D eigenvalue weighted by Crippen LogP contribution is 2.52. The van der Waals surface area contributed by atoms with Crippen LogP contribution in [-0.2, 0) is 9.59 Å². The maximum Gasteiger partial charge on any atom is 0.162 e. The predicted octanol–water partition coefficient (Wildman–Crippen LogP) is 7.01. The van der Waals surface area contributed by atoms with Gasteiger partial charge in [0.15, 0.2) is 11.6 Å². The average molecular weight is 464 g/mol. The summed E-state index contributed by atoms with van der Waals surface area (Å²) in [6, 6.07) is 8.04. The SMILES string of the molecule is CCCCCCCOc1ccccc1C1C2=C(CC(C)(C)CC2=O)NC2=C1C(=O)CC(C)(C)C2. The van der Waals surface area contributed by atoms with E-state index in [0.29, 0.717) is 19.4 Å². The summed E-state index contributed by atoms with van der Waals surface area (Å²) in [4.78, 5) is 27.1. The Kier molecular flexibility index (Phi) is 7.07. The molecule has 0 spiro atoms. The van der Waals surface area contributed by atoms with Gasteiger partial charge in [-0.2, -0.15) is 0 Å². The largest absolute Gasteiger partial charge is 0.493 e. The Morgan fingerprint density at radius 3 is 1.97 bits per heavy atom. The van der Waals surface area contributed by atoms with Gasteiger partial charge in [0.2, 0.25) is 0 Å². The fourth-order valence-corrected chi connectivity index (χ4v) is 5.94. The number of ether oxygens (including phenoxy) is 1. The van der Waals surface area contributed by atoms with Crippen molar-refractivity contribution in [1.82, 2.24) is 5.32 Å². The van der Waals surface area contributed by atoms with E-state index in [0.717, 1.165) is 59.5 Å². The Balaban J connectivity index is 1.73. The number of hydrogen-bond donors (Lipinski definition) is 1. The zero-order chi connectivity index (χ0) is 24.5. The number of ketones is 2. The molecule has 0 aromatic heterocycles. The number of nitrogens with one attached hydrogen (secondary N) is 1. The van der Waals surface area contributed by atoms with E-state index >= 15 is 0 Å². The molecule has 1 aromatic rings. The van der Waals surface area contributed by atoms with Crippen LogP contribution in [0.4, 0.5) is 0 Å². The second-order valence-electron chi connectivity index (χ2n) is 12.0. The van der Waals surface area contributed by atoms with Crippen molar-refractivity contribution < 1.29 is 14.3 Å². The molecule has 0 radical (unpaired) electrons. The number of hydrogen-bond acceptors (Lipinski definition) is 4. The van der Waals surface area contributed by atoms with Gasteiger partial charge in [0.05, 0.1) is 6.61 Å². The van der Waals surface area contributed by atoms with Crippen LogP contribution >= 0.6 is 0 Å². The molecule has 0 fully saturated rings. The molecule has 184 valence electrons. The van der Waals surface area contributed by atoms with Gasteiger partial charge in [-0.3, -0.25) is 9.59 Å². The summed E-state index contributed by atoms with van der Waals surface area (Å²) in [5, 5.41) is 3.60. The number of unbranched alkanes of at least 4 members (excludes halogenated alkanes) is 4. The first-order valence-electron chi connectivity index (χ1n) is 13.1. The summed E-state index contributed by atoms with van der Waals surface area (Å²) in [5.74, 6) is 0.776. The molecule has 1 aromatic carbocycles. The van der Waals surface area contributed by atoms with Gasteiger partial charge in [0.25, 0.3) is 0 Å². The van der Waals surface area contributed by atoms with Crippen LogP contribution in [0.25, 0.3) is 0 Å². The van der Waals surface area contributed by atoms with E-state index in [-0.39, 0.29) is 28.3 Å². The molecule has 34 heavy (non-hydrogen) atoms. The second kappa shape index (κ2) is 9.71. The van der Waals surface area contributed by atoms with Gasteiger partial charge in [-0.15, -0.1) is 0 Å². The first kappa shape index (κ1) is 24.8. The van der Waals surface area contributed by atoms with Gasteiger partial charge in [-0.1, -0.05) is 78.5 Å². The number of rotatable bonds is 8. The number of dihydropyridines is 1. The Morgan fingerprint density at radius 2 is 1.38 bits per heavy atom. The van der Waals surface area contributed by atoms with Crippen molar-refractivity contribution in [2.24, 2.45) is 10.8 Å². The number of allylic oxidation sites excluding steroid dienone is 4. The molecular weight excluding hydrogens is 422 g/mol. The van der Waals surface area contributed by atoms with Gasteiger partial charge in [-0.05, 0) is 36.2 Å². The van der Waals surface area contributed by atoms with Crippen molar-refractivity contribution in [3.05, 3.63) is 52.4 Å². The van der Waals surface area contributed by atoms with E-state index in [1.54, 1.807) is 0 Å². The van der Waals surface area contributed by atoms with E-state index in [1.165, 1.54) is 19.3 Å². The summed E-state index contributed by atoms with van der Waals surface area (Å²) in [5.41, 5.74) is 4.35. The summed E-state index contributed by atoms with van der Waals surface area (Å²) in [7, 11) is 0. The van der Waals surface area contributed by atoms with Gasteiger partial charge in [-0.25, -0.2) is 0 Å². The van der Waals surface area contributed by atoms with Crippen molar-refractivity contribution in [2.45, 2.75) is 98.3 Å². The van der Waals surface area contributed by atoms with Crippen molar-refractivity contribution in [3.8, 4) is 5.75 Å². The Labute approximate surface area is 205 Å². The minimum atomic E-state index is -0.338. The predicted molar refractivity (Wildman–Crippen MR) is 137 cm³/mol. The maximum atomic E-state index is 13.5. The molecule has 0 saturated carbocycles. The highest BCUT2D eigenvalue weighted by atomic mass is 16.5. The fraction of sp³-hybridized carbons (Fsp3) is 0.600. The first-order chi connectivity index (χ1) is 16.1. The lowest BCUT2D eigenvalue weighted by Gasteiger charge is -2.44. The molecule has 1 N–H and O–H groups in total. The van der Waals surface area contributed by atoms with Crippen molar-refractivity contribution in [2.75, 3.05) is 6.61 Å². The number of para-hydroxylation sites is 1. The van der Waals surface area contributed by atoms with Crippen LogP contribution in [0.2, 0.25) is 0 Å². The van der Waals surface area contributed by atoms with Gasteiger partial charge in [0.1, 0.15) is 5.75 Å². The molecule has 0 saturated heterocycles. The lowest BCUT2D eigenvalue weighted by atomic mass is 9.64. The number of Topliss-reactive ketones (excluding diaryl/α,β-unsaturated/α-hetero) is 2. The first-order valence-corrected chi connectivity index (χ1v) is 13.1. The molecule has 1 aliphatic heterocycles. The Hall–Kier alpha value is -2.36. The number of carbonyl (C=O) groups is 2. The third kappa shape index (κ3) is 5.16. The number of benzene rings is 1. The lowest BCUT2D eigenvalue weighted by Crippen LogP contribution is -2.42. The van der Waals surface area contributed by atoms with Crippen LogP contribution in [0.15, 0.2) is 46.8 Å². The molecule has 0 amide bonds. The van der Waals surface area contributed by atoms with Gasteiger partial charge < -0.3 is 10.1 Å². The molecule has 4 heteroatoms. The van der Waals surface area contributed by atoms with Crippen LogP contribution in [0.3, 0.4) is 0 Å². The van der Waals surface area contributed by atoms with Crippen molar-refractivity contribution in [1.29, 1.82) is 0 Å². The van der Waals surface area contributed by atoms with E-state index in [2.05, 4.69) is 46.0 Å². The second-order valence-corrected chi connectivity index (χ2v) is 12.0. The molecule has 2 aliphatic carbocycles. The summed E-state index contributed by atoms with van der Waals surface area (Å²) >= 11 is 0. The lowest BCUT2D eigenvalue weighted by molar-refractivity contribution is -0.119. The summed E-state index contributed by atoms with van der Waals surface area (Å²) in [6.07, 6.45) is 8.54.